The van der Waals surface area contributed by atoms with Crippen molar-refractivity contribution in [2.75, 3.05) is 16.8 Å². The quantitative estimate of drug-likeness (QED) is 0.659. The molecule has 0 saturated heterocycles. The van der Waals surface area contributed by atoms with Crippen LogP contribution in [0.3, 0.4) is 0 Å². The molecule has 1 aliphatic heterocycles. The second-order valence-corrected chi connectivity index (χ2v) is 8.62. The minimum Gasteiger partial charge on any atom is -0.325 e. The smallest absolute Gasteiger partial charge is 0.261 e. The third-order valence-corrected chi connectivity index (χ3v) is 6.85. The van der Waals surface area contributed by atoms with Crippen molar-refractivity contribution in [2.24, 2.45) is 0 Å². The summed E-state index contributed by atoms with van der Waals surface area (Å²) in [4.78, 5) is 33.2. The fraction of sp³-hybridized carbons (Fsp3) is 0.208. The van der Waals surface area contributed by atoms with Gasteiger partial charge in [0.2, 0.25) is 5.91 Å². The highest BCUT2D eigenvalue weighted by molar-refractivity contribution is 7.99. The normalized spacial score (nSPS) is 16.3. The highest BCUT2D eigenvalue weighted by atomic mass is 32.2. The Labute approximate surface area is 179 Å². The first-order valence-corrected chi connectivity index (χ1v) is 10.9. The molecule has 1 aliphatic carbocycles. The van der Waals surface area contributed by atoms with E-state index in [1.54, 1.807) is 17.2 Å². The lowest BCUT2D eigenvalue weighted by atomic mass is 9.95. The maximum Gasteiger partial charge on any atom is 0.261 e. The largest absolute Gasteiger partial charge is 0.325 e. The van der Waals surface area contributed by atoms with E-state index >= 15 is 0 Å². The number of nitrogens with one attached hydrogen (secondary N) is 1. The number of fused-ring (bicyclic) bond motifs is 2. The van der Waals surface area contributed by atoms with Gasteiger partial charge in [-0.2, -0.15) is 0 Å². The first-order valence-electron chi connectivity index (χ1n) is 10.1. The molecule has 5 nitrogen and oxygen atoms in total. The molecule has 1 N–H and O–H groups in total. The monoisotopic (exact) mass is 415 g/mol. The molecule has 3 aromatic rings. The van der Waals surface area contributed by atoms with E-state index in [0.29, 0.717) is 17.1 Å². The van der Waals surface area contributed by atoms with Crippen LogP contribution in [0.1, 0.15) is 35.7 Å². The number of carbonyl (C=O) groups is 2. The van der Waals surface area contributed by atoms with E-state index in [9.17, 15) is 9.59 Å². The number of carbonyl (C=O) groups excluding carboxylic acids is 2. The number of rotatable bonds is 4. The van der Waals surface area contributed by atoms with Crippen molar-refractivity contribution >= 4 is 35.0 Å². The number of hydrogen-bond acceptors (Lipinski definition) is 4. The van der Waals surface area contributed by atoms with E-state index in [2.05, 4.69) is 10.3 Å². The average Bonchev–Trinajstić information content (AvgIpc) is 3.59. The lowest BCUT2D eigenvalue weighted by Gasteiger charge is -2.22. The van der Waals surface area contributed by atoms with Crippen molar-refractivity contribution in [3.8, 4) is 0 Å². The lowest BCUT2D eigenvalue weighted by molar-refractivity contribution is -0.118. The molecular weight excluding hydrogens is 394 g/mol. The van der Waals surface area contributed by atoms with Gasteiger partial charge in [-0.15, -0.1) is 0 Å². The van der Waals surface area contributed by atoms with Crippen LogP contribution in [0.5, 0.6) is 0 Å². The number of amides is 2. The SMILES string of the molecule is CCN1C(=O)c2cccnc2Sc2cc(NC(=O)C3(c4ccccc4)CC3)ccc21. The molecule has 150 valence electrons. The number of aromatic nitrogens is 1. The first-order chi connectivity index (χ1) is 14.6. The van der Waals surface area contributed by atoms with E-state index in [-0.39, 0.29) is 11.8 Å². The molecule has 1 saturated carbocycles. The summed E-state index contributed by atoms with van der Waals surface area (Å²) in [6.07, 6.45) is 3.42. The summed E-state index contributed by atoms with van der Waals surface area (Å²) in [5.41, 5.74) is 2.81. The van der Waals surface area contributed by atoms with Crippen molar-refractivity contribution in [3.05, 3.63) is 78.0 Å². The minimum absolute atomic E-state index is 0.0224. The second kappa shape index (κ2) is 7.29. The Balaban J connectivity index is 1.47. The summed E-state index contributed by atoms with van der Waals surface area (Å²) >= 11 is 1.46. The highest BCUT2D eigenvalue weighted by Gasteiger charge is 2.51. The molecular formula is C24H21N3O2S. The summed E-state index contributed by atoms with van der Waals surface area (Å²) in [5.74, 6) is -0.0288. The molecule has 2 aliphatic rings. The van der Waals surface area contributed by atoms with Gasteiger partial charge in [0.1, 0.15) is 5.03 Å². The predicted molar refractivity (Wildman–Crippen MR) is 118 cm³/mol. The van der Waals surface area contributed by atoms with E-state index in [0.717, 1.165) is 34.7 Å². The van der Waals surface area contributed by atoms with Crippen LogP contribution in [-0.4, -0.2) is 23.3 Å². The van der Waals surface area contributed by atoms with Gasteiger partial charge in [-0.25, -0.2) is 4.98 Å². The highest BCUT2D eigenvalue weighted by Crippen LogP contribution is 2.49. The van der Waals surface area contributed by atoms with Gasteiger partial charge in [-0.1, -0.05) is 42.1 Å². The molecule has 1 fully saturated rings. The molecule has 2 heterocycles. The fourth-order valence-electron chi connectivity index (χ4n) is 3.98. The van der Waals surface area contributed by atoms with Gasteiger partial charge in [0.05, 0.1) is 16.7 Å². The van der Waals surface area contributed by atoms with E-state index < -0.39 is 5.41 Å². The molecule has 0 atom stereocenters. The summed E-state index contributed by atoms with van der Waals surface area (Å²) in [6.45, 7) is 2.52. The van der Waals surface area contributed by atoms with Crippen molar-refractivity contribution < 1.29 is 9.59 Å². The van der Waals surface area contributed by atoms with E-state index in [1.807, 2.05) is 61.5 Å². The zero-order valence-electron chi connectivity index (χ0n) is 16.6. The Morgan fingerprint density at radius 2 is 1.93 bits per heavy atom. The first kappa shape index (κ1) is 18.9. The number of hydrogen-bond donors (Lipinski definition) is 1. The Kier molecular flexibility index (Phi) is 4.59. The van der Waals surface area contributed by atoms with Gasteiger partial charge >= 0.3 is 0 Å². The van der Waals surface area contributed by atoms with Crippen LogP contribution in [0, 0.1) is 0 Å². The van der Waals surface area contributed by atoms with Crippen LogP contribution in [0.4, 0.5) is 11.4 Å². The third kappa shape index (κ3) is 3.08. The molecule has 0 unspecified atom stereocenters. The molecule has 1 aromatic heterocycles. The maximum absolute atomic E-state index is 13.1. The Bertz CT molecular complexity index is 1140. The van der Waals surface area contributed by atoms with E-state index in [4.69, 9.17) is 0 Å². The number of anilines is 2. The van der Waals surface area contributed by atoms with Crippen LogP contribution in [0.25, 0.3) is 0 Å². The maximum atomic E-state index is 13.1. The summed E-state index contributed by atoms with van der Waals surface area (Å²) in [6, 6.07) is 19.3. The summed E-state index contributed by atoms with van der Waals surface area (Å²) in [7, 11) is 0. The number of nitrogens with zero attached hydrogens (tertiary/aromatic N) is 2. The molecule has 0 spiro atoms. The van der Waals surface area contributed by atoms with Crippen molar-refractivity contribution in [1.82, 2.24) is 4.98 Å². The molecule has 5 rings (SSSR count). The number of pyridine rings is 1. The predicted octanol–water partition coefficient (Wildman–Crippen LogP) is 4.88. The van der Waals surface area contributed by atoms with Crippen LogP contribution >= 0.6 is 11.8 Å². The summed E-state index contributed by atoms with van der Waals surface area (Å²) in [5, 5.41) is 3.79. The van der Waals surface area contributed by atoms with Crippen LogP contribution < -0.4 is 10.2 Å². The summed E-state index contributed by atoms with van der Waals surface area (Å²) < 4.78 is 0. The van der Waals surface area contributed by atoms with Crippen LogP contribution in [-0.2, 0) is 10.2 Å². The van der Waals surface area contributed by atoms with Gasteiger partial charge < -0.3 is 10.2 Å². The van der Waals surface area contributed by atoms with Crippen molar-refractivity contribution in [2.45, 2.75) is 35.1 Å². The minimum atomic E-state index is -0.430. The Morgan fingerprint density at radius 3 is 2.67 bits per heavy atom. The van der Waals surface area contributed by atoms with Crippen LogP contribution in [0.2, 0.25) is 0 Å². The Morgan fingerprint density at radius 1 is 1.13 bits per heavy atom. The number of benzene rings is 2. The molecule has 0 bridgehead atoms. The van der Waals surface area contributed by atoms with Gasteiger partial charge in [-0.3, -0.25) is 9.59 Å². The zero-order chi connectivity index (χ0) is 20.7. The van der Waals surface area contributed by atoms with Gasteiger partial charge in [0.15, 0.2) is 0 Å². The fourth-order valence-corrected chi connectivity index (χ4v) is 5.04. The van der Waals surface area contributed by atoms with Gasteiger partial charge in [-0.05, 0) is 55.7 Å². The lowest BCUT2D eigenvalue weighted by Crippen LogP contribution is -2.30. The molecule has 30 heavy (non-hydrogen) atoms. The van der Waals surface area contributed by atoms with Gasteiger partial charge in [0.25, 0.3) is 5.91 Å². The zero-order valence-corrected chi connectivity index (χ0v) is 17.4. The second-order valence-electron chi connectivity index (χ2n) is 7.59. The molecule has 2 aromatic carbocycles. The molecule has 0 radical (unpaired) electrons. The van der Waals surface area contributed by atoms with Crippen molar-refractivity contribution in [3.63, 3.8) is 0 Å². The Hall–Kier alpha value is -3.12. The van der Waals surface area contributed by atoms with Crippen LogP contribution in [0.15, 0.2) is 76.8 Å². The molecule has 6 heteroatoms. The average molecular weight is 416 g/mol. The third-order valence-electron chi connectivity index (χ3n) is 5.79. The molecule has 2 amide bonds. The van der Waals surface area contributed by atoms with E-state index in [1.165, 1.54) is 11.8 Å². The van der Waals surface area contributed by atoms with Gasteiger partial charge in [0, 0.05) is 23.3 Å². The van der Waals surface area contributed by atoms with Crippen molar-refractivity contribution in [1.29, 1.82) is 0 Å². The topological polar surface area (TPSA) is 62.3 Å². The standard InChI is InChI=1S/C24H21N3O2S/c1-2-27-19-11-10-17(15-20(19)30-21-18(22(27)28)9-6-14-25-21)26-23(29)24(12-13-24)16-7-4-3-5-8-16/h3-11,14-15H,2,12-13H2,1H3,(H,26,29).